The monoisotopic (exact) mass is 491 g/mol. The molecule has 32 heavy (non-hydrogen) atoms. The molecule has 1 saturated heterocycles. The van der Waals surface area contributed by atoms with Crippen molar-refractivity contribution < 1.29 is 19.1 Å². The Labute approximate surface area is 196 Å². The van der Waals surface area contributed by atoms with E-state index in [1.54, 1.807) is 40.6 Å². The molecular formula is C20H18ClN5O4S2. The molecule has 0 bridgehead atoms. The third kappa shape index (κ3) is 4.74. The lowest BCUT2D eigenvalue weighted by Crippen LogP contribution is -2.34. The Balaban J connectivity index is 1.44. The molecule has 2 aromatic heterocycles. The van der Waals surface area contributed by atoms with Gasteiger partial charge in [0, 0.05) is 17.3 Å². The molecule has 1 aliphatic heterocycles. The highest BCUT2D eigenvalue weighted by Gasteiger charge is 2.34. The molecule has 9 nitrogen and oxygen atoms in total. The average Bonchev–Trinajstić information content (AvgIpc) is 3.54. The number of benzene rings is 1. The SMILES string of the molecule is COC(=O)c1sccc1NC(=O)N1CCC[C@H]1c1nnc(C(=O)Nc2ccc(Cl)cc2)s1. The van der Waals surface area contributed by atoms with Crippen molar-refractivity contribution in [1.82, 2.24) is 15.1 Å². The van der Waals surface area contributed by atoms with Gasteiger partial charge in [0.25, 0.3) is 5.91 Å². The zero-order valence-corrected chi connectivity index (χ0v) is 19.2. The number of likely N-dealkylation sites (tertiary alicyclic amines) is 1. The number of rotatable bonds is 5. The smallest absolute Gasteiger partial charge is 0.350 e. The van der Waals surface area contributed by atoms with Crippen molar-refractivity contribution >= 4 is 63.6 Å². The van der Waals surface area contributed by atoms with E-state index in [0.29, 0.717) is 39.2 Å². The standard InChI is InChI=1S/C20H18ClN5O4S2/c1-30-19(28)15-13(8-10-31-15)23-20(29)26-9-2-3-14(26)17-24-25-18(32-17)16(27)22-12-6-4-11(21)5-7-12/h4-8,10,14H,2-3,9H2,1H3,(H,22,27)(H,23,29)/t14-/m0/s1. The van der Waals surface area contributed by atoms with Gasteiger partial charge in [0.1, 0.15) is 9.88 Å². The van der Waals surface area contributed by atoms with Crippen LogP contribution < -0.4 is 10.6 Å². The molecule has 1 aromatic carbocycles. The summed E-state index contributed by atoms with van der Waals surface area (Å²) in [5.74, 6) is -0.889. The van der Waals surface area contributed by atoms with Gasteiger partial charge in [-0.3, -0.25) is 4.79 Å². The summed E-state index contributed by atoms with van der Waals surface area (Å²) in [6.45, 7) is 0.528. The lowest BCUT2D eigenvalue weighted by atomic mass is 10.2. The van der Waals surface area contributed by atoms with Crippen LogP contribution in [0.3, 0.4) is 0 Å². The molecule has 12 heteroatoms. The average molecular weight is 492 g/mol. The maximum Gasteiger partial charge on any atom is 0.350 e. The number of ether oxygens (including phenoxy) is 1. The second-order valence-corrected chi connectivity index (χ2v) is 9.20. The van der Waals surface area contributed by atoms with Gasteiger partial charge in [-0.2, -0.15) is 0 Å². The number of methoxy groups -OCH3 is 1. The number of carbonyl (C=O) groups excluding carboxylic acids is 3. The fourth-order valence-corrected chi connectivity index (χ4v) is 5.07. The van der Waals surface area contributed by atoms with E-state index in [-0.39, 0.29) is 23.0 Å². The lowest BCUT2D eigenvalue weighted by molar-refractivity contribution is 0.0607. The first kappa shape index (κ1) is 22.2. The fraction of sp³-hybridized carbons (Fsp3) is 0.250. The quantitative estimate of drug-likeness (QED) is 0.502. The van der Waals surface area contributed by atoms with Crippen molar-refractivity contribution in [2.24, 2.45) is 0 Å². The molecule has 3 amide bonds. The van der Waals surface area contributed by atoms with E-state index in [2.05, 4.69) is 20.8 Å². The maximum absolute atomic E-state index is 12.9. The van der Waals surface area contributed by atoms with Crippen molar-refractivity contribution in [3.63, 3.8) is 0 Å². The van der Waals surface area contributed by atoms with E-state index in [4.69, 9.17) is 16.3 Å². The molecule has 4 rings (SSSR count). The molecule has 0 saturated carbocycles. The summed E-state index contributed by atoms with van der Waals surface area (Å²) < 4.78 is 4.75. The third-order valence-electron chi connectivity index (χ3n) is 4.81. The van der Waals surface area contributed by atoms with Gasteiger partial charge in [-0.25, -0.2) is 9.59 Å². The number of aromatic nitrogens is 2. The van der Waals surface area contributed by atoms with Crippen molar-refractivity contribution in [3.8, 4) is 0 Å². The number of hydrogen-bond donors (Lipinski definition) is 2. The zero-order chi connectivity index (χ0) is 22.7. The summed E-state index contributed by atoms with van der Waals surface area (Å²) >= 11 is 8.20. The normalized spacial score (nSPS) is 15.4. The Hall–Kier alpha value is -3.02. The van der Waals surface area contributed by atoms with Crippen molar-refractivity contribution in [2.75, 3.05) is 24.3 Å². The van der Waals surface area contributed by atoms with Crippen LogP contribution in [0.2, 0.25) is 5.02 Å². The molecule has 166 valence electrons. The Morgan fingerprint density at radius 1 is 1.16 bits per heavy atom. The van der Waals surface area contributed by atoms with E-state index in [9.17, 15) is 14.4 Å². The summed E-state index contributed by atoms with van der Waals surface area (Å²) in [4.78, 5) is 39.2. The largest absolute Gasteiger partial charge is 0.465 e. The maximum atomic E-state index is 12.9. The molecule has 1 aliphatic rings. The molecule has 0 radical (unpaired) electrons. The second kappa shape index (κ2) is 9.63. The number of nitrogens with one attached hydrogen (secondary N) is 2. The topological polar surface area (TPSA) is 114 Å². The minimum Gasteiger partial charge on any atom is -0.465 e. The summed E-state index contributed by atoms with van der Waals surface area (Å²) in [7, 11) is 1.29. The van der Waals surface area contributed by atoms with Crippen molar-refractivity contribution in [1.29, 1.82) is 0 Å². The zero-order valence-electron chi connectivity index (χ0n) is 16.8. The minimum absolute atomic E-state index is 0.202. The molecule has 0 aliphatic carbocycles. The first-order valence-corrected chi connectivity index (χ1v) is 11.7. The molecule has 1 fully saturated rings. The van der Waals surface area contributed by atoms with Crippen LogP contribution in [0.1, 0.15) is 43.4 Å². The summed E-state index contributed by atoms with van der Waals surface area (Å²) in [5, 5.41) is 16.8. The first-order valence-electron chi connectivity index (χ1n) is 9.60. The number of urea groups is 1. The van der Waals surface area contributed by atoms with Gasteiger partial charge >= 0.3 is 12.0 Å². The number of halogens is 1. The van der Waals surface area contributed by atoms with Crippen LogP contribution in [0.4, 0.5) is 16.2 Å². The van der Waals surface area contributed by atoms with E-state index in [1.165, 1.54) is 18.4 Å². The number of carbonyl (C=O) groups is 3. The van der Waals surface area contributed by atoms with Crippen LogP contribution in [0.5, 0.6) is 0 Å². The van der Waals surface area contributed by atoms with E-state index >= 15 is 0 Å². The number of esters is 1. The minimum atomic E-state index is -0.506. The van der Waals surface area contributed by atoms with Crippen LogP contribution in [0.25, 0.3) is 0 Å². The fourth-order valence-electron chi connectivity index (χ4n) is 3.29. The highest BCUT2D eigenvalue weighted by molar-refractivity contribution is 7.13. The predicted octanol–water partition coefficient (Wildman–Crippen LogP) is 4.66. The highest BCUT2D eigenvalue weighted by Crippen LogP contribution is 2.35. The Bertz CT molecular complexity index is 1150. The van der Waals surface area contributed by atoms with Gasteiger partial charge < -0.3 is 20.3 Å². The van der Waals surface area contributed by atoms with Gasteiger partial charge in [0.15, 0.2) is 0 Å². The Morgan fingerprint density at radius 3 is 2.69 bits per heavy atom. The number of amides is 3. The van der Waals surface area contributed by atoms with Gasteiger partial charge in [-0.15, -0.1) is 21.5 Å². The van der Waals surface area contributed by atoms with Crippen LogP contribution in [-0.2, 0) is 4.74 Å². The molecule has 1 atom stereocenters. The molecule has 3 aromatic rings. The van der Waals surface area contributed by atoms with E-state index < -0.39 is 5.97 Å². The second-order valence-electron chi connectivity index (χ2n) is 6.84. The Morgan fingerprint density at radius 2 is 1.94 bits per heavy atom. The molecule has 0 spiro atoms. The van der Waals surface area contributed by atoms with Gasteiger partial charge in [-0.05, 0) is 48.6 Å². The number of thiophene rings is 1. The molecular weight excluding hydrogens is 474 g/mol. The lowest BCUT2D eigenvalue weighted by Gasteiger charge is -2.23. The van der Waals surface area contributed by atoms with Crippen molar-refractivity contribution in [3.05, 3.63) is 55.6 Å². The molecule has 0 unspecified atom stereocenters. The Kier molecular flexibility index (Phi) is 6.68. The van der Waals surface area contributed by atoms with Crippen LogP contribution in [0, 0.1) is 0 Å². The van der Waals surface area contributed by atoms with Crippen LogP contribution in [-0.4, -0.2) is 46.7 Å². The van der Waals surface area contributed by atoms with Gasteiger partial charge in [-0.1, -0.05) is 22.9 Å². The third-order valence-corrected chi connectivity index (χ3v) is 6.98. The number of anilines is 2. The summed E-state index contributed by atoms with van der Waals surface area (Å²) in [5.41, 5.74) is 0.994. The molecule has 2 N–H and O–H groups in total. The van der Waals surface area contributed by atoms with Gasteiger partial charge in [0.05, 0.1) is 18.8 Å². The van der Waals surface area contributed by atoms with E-state index in [0.717, 1.165) is 17.8 Å². The van der Waals surface area contributed by atoms with Crippen LogP contribution >= 0.6 is 34.3 Å². The first-order chi connectivity index (χ1) is 15.5. The highest BCUT2D eigenvalue weighted by atomic mass is 35.5. The summed E-state index contributed by atoms with van der Waals surface area (Å²) in [6, 6.07) is 7.75. The number of hydrogen-bond acceptors (Lipinski definition) is 8. The van der Waals surface area contributed by atoms with E-state index in [1.807, 2.05) is 0 Å². The van der Waals surface area contributed by atoms with Crippen LogP contribution in [0.15, 0.2) is 35.7 Å². The predicted molar refractivity (Wildman–Crippen MR) is 123 cm³/mol. The van der Waals surface area contributed by atoms with Crippen molar-refractivity contribution in [2.45, 2.75) is 18.9 Å². The molecule has 3 heterocycles. The number of nitrogens with zero attached hydrogens (tertiary/aromatic N) is 3. The summed E-state index contributed by atoms with van der Waals surface area (Å²) in [6.07, 6.45) is 1.49. The van der Waals surface area contributed by atoms with Gasteiger partial charge in [0.2, 0.25) is 5.01 Å².